The Morgan fingerprint density at radius 3 is 2.79 bits per heavy atom. The van der Waals surface area contributed by atoms with Crippen molar-refractivity contribution in [3.63, 3.8) is 0 Å². The van der Waals surface area contributed by atoms with E-state index >= 15 is 0 Å². The Morgan fingerprint density at radius 1 is 1.42 bits per heavy atom. The Balaban J connectivity index is 2.05. The van der Waals surface area contributed by atoms with Gasteiger partial charge in [-0.3, -0.25) is 9.59 Å². The molecule has 2 amide bonds. The van der Waals surface area contributed by atoms with Crippen LogP contribution in [0.3, 0.4) is 0 Å². The summed E-state index contributed by atoms with van der Waals surface area (Å²) < 4.78 is 0. The number of nitrogens with zero attached hydrogens (tertiary/aromatic N) is 3. The van der Waals surface area contributed by atoms with Crippen LogP contribution in [0, 0.1) is 0 Å². The summed E-state index contributed by atoms with van der Waals surface area (Å²) in [6.07, 6.45) is 1.54. The van der Waals surface area contributed by atoms with Gasteiger partial charge in [-0.1, -0.05) is 0 Å². The molecule has 0 spiro atoms. The molecule has 19 heavy (non-hydrogen) atoms. The summed E-state index contributed by atoms with van der Waals surface area (Å²) in [5, 5.41) is 3.07. The lowest BCUT2D eigenvalue weighted by Gasteiger charge is -2.31. The Hall–Kier alpha value is -2.11. The number of piperazine rings is 1. The van der Waals surface area contributed by atoms with Crippen LogP contribution in [0.5, 0.6) is 0 Å². The molecule has 2 rings (SSSR count). The highest BCUT2D eigenvalue weighted by Gasteiger charge is 2.25. The first-order chi connectivity index (χ1) is 9.11. The average molecular weight is 262 g/mol. The van der Waals surface area contributed by atoms with E-state index in [4.69, 9.17) is 0 Å². The number of carbonyl (C=O) groups is 2. The van der Waals surface area contributed by atoms with Crippen LogP contribution in [0.15, 0.2) is 18.3 Å². The van der Waals surface area contributed by atoms with E-state index in [1.165, 1.54) is 0 Å². The lowest BCUT2D eigenvalue weighted by atomic mass is 10.2. The van der Waals surface area contributed by atoms with E-state index in [-0.39, 0.29) is 18.4 Å². The van der Waals surface area contributed by atoms with E-state index in [2.05, 4.69) is 10.3 Å². The molecule has 0 atom stereocenters. The van der Waals surface area contributed by atoms with Crippen LogP contribution in [0.1, 0.15) is 17.3 Å². The minimum Gasteiger partial charge on any atom is -0.370 e. The second kappa shape index (κ2) is 5.69. The first-order valence-corrected chi connectivity index (χ1v) is 6.35. The van der Waals surface area contributed by atoms with Gasteiger partial charge < -0.3 is 15.1 Å². The minimum atomic E-state index is -0.142. The van der Waals surface area contributed by atoms with Gasteiger partial charge in [0.25, 0.3) is 5.91 Å². The van der Waals surface area contributed by atoms with Gasteiger partial charge in [-0.2, -0.15) is 0 Å². The second-order valence-electron chi connectivity index (χ2n) is 4.50. The van der Waals surface area contributed by atoms with Gasteiger partial charge in [0.1, 0.15) is 12.4 Å². The molecule has 0 radical (unpaired) electrons. The molecule has 1 N–H and O–H groups in total. The molecule has 0 aliphatic carbocycles. The van der Waals surface area contributed by atoms with Gasteiger partial charge in [-0.15, -0.1) is 0 Å². The highest BCUT2D eigenvalue weighted by atomic mass is 16.2. The minimum absolute atomic E-state index is 0.0307. The van der Waals surface area contributed by atoms with E-state index in [1.54, 1.807) is 35.2 Å². The highest BCUT2D eigenvalue weighted by molar-refractivity contribution is 5.96. The number of carbonyl (C=O) groups excluding carboxylic acids is 2. The molecule has 2 heterocycles. The van der Waals surface area contributed by atoms with Crippen molar-refractivity contribution >= 4 is 17.6 Å². The largest absolute Gasteiger partial charge is 0.370 e. The summed E-state index contributed by atoms with van der Waals surface area (Å²) in [7, 11) is 1.75. The van der Waals surface area contributed by atoms with Crippen molar-refractivity contribution in [3.8, 4) is 0 Å². The fraction of sp³-hybridized carbons (Fsp3) is 0.462. The number of nitrogens with one attached hydrogen (secondary N) is 1. The quantitative estimate of drug-likeness (QED) is 0.858. The first-order valence-electron chi connectivity index (χ1n) is 6.35. The molecule has 0 saturated carbocycles. The molecular formula is C13H18N4O2. The van der Waals surface area contributed by atoms with E-state index < -0.39 is 0 Å². The summed E-state index contributed by atoms with van der Waals surface area (Å²) in [6.45, 7) is 4.05. The van der Waals surface area contributed by atoms with Gasteiger partial charge in [0, 0.05) is 32.9 Å². The van der Waals surface area contributed by atoms with E-state index in [0.717, 1.165) is 12.4 Å². The van der Waals surface area contributed by atoms with Crippen LogP contribution >= 0.6 is 0 Å². The molecule has 0 unspecified atom stereocenters. The van der Waals surface area contributed by atoms with Gasteiger partial charge in [-0.05, 0) is 19.1 Å². The molecule has 102 valence electrons. The SMILES string of the molecule is CCNc1ccc(C(=O)N2CCN(C)C(=O)C2)cn1. The maximum Gasteiger partial charge on any atom is 0.255 e. The lowest BCUT2D eigenvalue weighted by Crippen LogP contribution is -2.50. The second-order valence-corrected chi connectivity index (χ2v) is 4.50. The van der Waals surface area contributed by atoms with Crippen molar-refractivity contribution < 1.29 is 9.59 Å². The number of hydrogen-bond acceptors (Lipinski definition) is 4. The fourth-order valence-corrected chi connectivity index (χ4v) is 1.92. The Kier molecular flexibility index (Phi) is 3.99. The molecule has 1 fully saturated rings. The van der Waals surface area contributed by atoms with Crippen molar-refractivity contribution in [1.82, 2.24) is 14.8 Å². The summed E-state index contributed by atoms with van der Waals surface area (Å²) in [5.41, 5.74) is 0.513. The van der Waals surface area contributed by atoms with E-state index in [1.807, 2.05) is 6.92 Å². The van der Waals surface area contributed by atoms with Crippen molar-refractivity contribution in [2.75, 3.05) is 38.5 Å². The predicted molar refractivity (Wildman–Crippen MR) is 71.9 cm³/mol. The van der Waals surface area contributed by atoms with Gasteiger partial charge in [0.2, 0.25) is 5.91 Å². The van der Waals surface area contributed by atoms with Crippen LogP contribution in [0.4, 0.5) is 5.82 Å². The molecule has 1 saturated heterocycles. The molecule has 1 aliphatic heterocycles. The van der Waals surface area contributed by atoms with E-state index in [0.29, 0.717) is 18.7 Å². The van der Waals surface area contributed by atoms with Gasteiger partial charge in [0.15, 0.2) is 0 Å². The molecule has 6 nitrogen and oxygen atoms in total. The van der Waals surface area contributed by atoms with Crippen LogP contribution in [-0.2, 0) is 4.79 Å². The standard InChI is InChI=1S/C13H18N4O2/c1-3-14-11-5-4-10(8-15-11)13(19)17-7-6-16(2)12(18)9-17/h4-5,8H,3,6-7,9H2,1-2H3,(H,14,15). The molecule has 0 aromatic carbocycles. The molecule has 0 bridgehead atoms. The summed E-state index contributed by atoms with van der Waals surface area (Å²) >= 11 is 0. The predicted octanol–water partition coefficient (Wildman–Crippen LogP) is 0.428. The Bertz CT molecular complexity index is 472. The highest BCUT2D eigenvalue weighted by Crippen LogP contribution is 2.10. The summed E-state index contributed by atoms with van der Waals surface area (Å²) in [5.74, 6) is 0.572. The molecular weight excluding hydrogens is 244 g/mol. The average Bonchev–Trinajstić information content (AvgIpc) is 2.42. The summed E-state index contributed by atoms with van der Waals surface area (Å²) in [6, 6.07) is 3.50. The van der Waals surface area contributed by atoms with Gasteiger partial charge >= 0.3 is 0 Å². The van der Waals surface area contributed by atoms with Crippen LogP contribution in [-0.4, -0.2) is 59.8 Å². The number of hydrogen-bond donors (Lipinski definition) is 1. The zero-order chi connectivity index (χ0) is 13.8. The van der Waals surface area contributed by atoms with Crippen LogP contribution in [0.2, 0.25) is 0 Å². The van der Waals surface area contributed by atoms with Gasteiger partial charge in [0.05, 0.1) is 5.56 Å². The van der Waals surface area contributed by atoms with Crippen LogP contribution in [0.25, 0.3) is 0 Å². The Morgan fingerprint density at radius 2 is 2.21 bits per heavy atom. The normalized spacial score (nSPS) is 15.6. The zero-order valence-electron chi connectivity index (χ0n) is 11.2. The number of anilines is 1. The summed E-state index contributed by atoms with van der Waals surface area (Å²) in [4.78, 5) is 31.2. The monoisotopic (exact) mass is 262 g/mol. The van der Waals surface area contributed by atoms with Crippen molar-refractivity contribution in [1.29, 1.82) is 0 Å². The fourth-order valence-electron chi connectivity index (χ4n) is 1.92. The smallest absolute Gasteiger partial charge is 0.255 e. The number of rotatable bonds is 3. The first kappa shape index (κ1) is 13.3. The van der Waals surface area contributed by atoms with Gasteiger partial charge in [-0.25, -0.2) is 4.98 Å². The lowest BCUT2D eigenvalue weighted by molar-refractivity contribution is -0.133. The third kappa shape index (κ3) is 3.01. The van der Waals surface area contributed by atoms with Crippen molar-refractivity contribution in [3.05, 3.63) is 23.9 Å². The number of pyridine rings is 1. The maximum absolute atomic E-state index is 12.2. The Labute approximate surface area is 112 Å². The number of aromatic nitrogens is 1. The molecule has 1 aromatic heterocycles. The molecule has 1 aromatic rings. The third-order valence-electron chi connectivity index (χ3n) is 3.11. The van der Waals surface area contributed by atoms with Crippen molar-refractivity contribution in [2.45, 2.75) is 6.92 Å². The number of likely N-dealkylation sites (N-methyl/N-ethyl adjacent to an activating group) is 1. The molecule has 6 heteroatoms. The molecule has 1 aliphatic rings. The third-order valence-corrected chi connectivity index (χ3v) is 3.11. The van der Waals surface area contributed by atoms with Crippen LogP contribution < -0.4 is 5.32 Å². The number of amides is 2. The van der Waals surface area contributed by atoms with Crippen molar-refractivity contribution in [2.24, 2.45) is 0 Å². The maximum atomic E-state index is 12.2. The zero-order valence-corrected chi connectivity index (χ0v) is 11.2. The van der Waals surface area contributed by atoms with E-state index in [9.17, 15) is 9.59 Å². The topological polar surface area (TPSA) is 65.5 Å².